The van der Waals surface area contributed by atoms with E-state index in [2.05, 4.69) is 26.6 Å². The van der Waals surface area contributed by atoms with E-state index >= 15 is 0 Å². The van der Waals surface area contributed by atoms with Gasteiger partial charge >= 0.3 is 0 Å². The van der Waals surface area contributed by atoms with Crippen LogP contribution in [0.2, 0.25) is 0 Å². The van der Waals surface area contributed by atoms with Crippen molar-refractivity contribution in [2.24, 2.45) is 0 Å². The zero-order chi connectivity index (χ0) is 109. The number of rotatable bonds is 39. The van der Waals surface area contributed by atoms with Crippen LogP contribution in [0.1, 0.15) is 34.6 Å². The van der Waals surface area contributed by atoms with Crippen molar-refractivity contribution in [3.05, 3.63) is 0 Å². The Kier molecular flexibility index (Phi) is 43.9. The molecule has 5 amide bonds. The molecule has 66 heteroatoms. The Morgan fingerprint density at radius 1 is 0.176 bits per heavy atom. The molecule has 0 aromatic heterocycles. The van der Waals surface area contributed by atoms with Crippen LogP contribution in [0.25, 0.3) is 0 Å². The third-order valence-electron chi connectivity index (χ3n) is 27.1. The highest BCUT2D eigenvalue weighted by molar-refractivity contribution is 5.75. The Labute approximate surface area is 837 Å². The molecule has 856 valence electrons. The number of aliphatic hydroxyl groups is 33. The minimum absolute atomic E-state index is 0.885. The van der Waals surface area contributed by atoms with Crippen molar-refractivity contribution in [3.63, 3.8) is 0 Å². The predicted octanol–water partition coefficient (Wildman–Crippen LogP) is -26.4. The van der Waals surface area contributed by atoms with Crippen LogP contribution in [-0.2, 0) is 133 Å². The van der Waals surface area contributed by atoms with Crippen LogP contribution in [0.4, 0.5) is 0 Å². The quantitative estimate of drug-likeness (QED) is 0.0272. The molecular formula is C82H137N5O61. The van der Waals surface area contributed by atoms with Crippen molar-refractivity contribution < 1.29 is 301 Å². The minimum Gasteiger partial charge on any atom is -0.394 e. The van der Waals surface area contributed by atoms with Gasteiger partial charge in [-0.1, -0.05) is 0 Å². The maximum absolute atomic E-state index is 13.3. The van der Waals surface area contributed by atoms with Gasteiger partial charge in [0.25, 0.3) is 0 Å². The van der Waals surface area contributed by atoms with Crippen molar-refractivity contribution in [3.8, 4) is 0 Å². The Morgan fingerprint density at radius 3 is 0.689 bits per heavy atom. The van der Waals surface area contributed by atoms with Gasteiger partial charge in [0.15, 0.2) is 75.5 Å². The Balaban J connectivity index is 0.855. The van der Waals surface area contributed by atoms with Gasteiger partial charge in [-0.2, -0.15) is 0 Å². The van der Waals surface area contributed by atoms with E-state index in [0.29, 0.717) is 0 Å². The number of hydrogen-bond acceptors (Lipinski definition) is 61. The molecule has 1 unspecified atom stereocenters. The van der Waals surface area contributed by atoms with E-state index in [1.54, 1.807) is 0 Å². The summed E-state index contributed by atoms with van der Waals surface area (Å²) in [6.45, 7) is -9.32. The van der Waals surface area contributed by atoms with E-state index in [-0.39, 0.29) is 0 Å². The maximum atomic E-state index is 13.3. The second-order valence-corrected chi connectivity index (χ2v) is 37.4. The topological polar surface area (TPSA) is 1030 Å². The van der Waals surface area contributed by atoms with Crippen molar-refractivity contribution >= 4 is 29.5 Å². The maximum Gasteiger partial charge on any atom is 0.217 e. The van der Waals surface area contributed by atoms with Crippen molar-refractivity contribution in [1.82, 2.24) is 26.6 Å². The Morgan fingerprint density at radius 2 is 0.372 bits per heavy atom. The summed E-state index contributed by atoms with van der Waals surface area (Å²) < 4.78 is 137. The highest BCUT2D eigenvalue weighted by atomic mass is 16.8. The molecule has 12 rings (SSSR count). The largest absolute Gasteiger partial charge is 0.394 e. The van der Waals surface area contributed by atoms with Crippen LogP contribution in [0.3, 0.4) is 0 Å². The standard InChI is InChI=1S/C82H137N5O61/c1-18(98)83-35-47(110)62(28(11-93)128-71(35)125)143-80-61(124)68(146-82-70(55(118)43(106)26(9-91)133-82)148-75-39(87-22(5)102)51(114)66(32(15-97)137-75)142-78-59(122)54(117)42(105)25(8-90)131-78)46(109)34(138-80)17-127-81-69(147-74-38(86-21(4)101)50(113)65(31(14-96)136-74)141-77-58(121)53(116)41(104)24(7-89)130-77)56(119)44(107)33(139-81)16-126-72-36(84-19(2)99)48(111)63(29(12-94)134-72)144-79-60(123)67(45(108)27(10-92)132-79)145-73-37(85-20(3)100)49(112)64(30(13-95)135-73)140-76-57(120)52(115)40(103)23(6-88)129-76/h23-82,88-97,103-125H,6-17H2,1-5H3,(H,83,98)(H,84,99)(H,85,100)(H,86,101)(H,87,102)/t23-,24-,25-,26-,27-,28-,29-,30-,31-,32-,33-,34-,35-,36-,37-,38-,39-,40+,41+,42+,43-,44-,45+,46-,47-,48-,49-,50-,51-,52+,53+,54+,55+,56+,57-,58-,59-,60-,61+,62-,63-,64-,65-,66-,67+,68+,69+,70+,71?,72-,73+,74+,75+,76+,77+,78+,79+,80+,81+,82-/m1/s1. The molecule has 12 heterocycles. The molecular weight excluding hydrogens is 2030 g/mol. The van der Waals surface area contributed by atoms with Crippen LogP contribution in [-0.4, -0.2) is 645 Å². The van der Waals surface area contributed by atoms with Gasteiger partial charge in [0.1, 0.15) is 293 Å². The Bertz CT molecular complexity index is 4130. The van der Waals surface area contributed by atoms with Crippen LogP contribution in [0.5, 0.6) is 0 Å². The second kappa shape index (κ2) is 53.4. The normalized spacial score (nSPS) is 49.3. The first-order valence-corrected chi connectivity index (χ1v) is 47.2. The fourth-order valence-electron chi connectivity index (χ4n) is 19.2. The van der Waals surface area contributed by atoms with E-state index in [1.807, 2.05) is 0 Å². The lowest BCUT2D eigenvalue weighted by atomic mass is 9.94. The molecule has 148 heavy (non-hydrogen) atoms. The van der Waals surface area contributed by atoms with E-state index in [1.165, 1.54) is 0 Å². The lowest BCUT2D eigenvalue weighted by Crippen LogP contribution is -2.70. The van der Waals surface area contributed by atoms with Gasteiger partial charge in [-0.25, -0.2) is 0 Å². The summed E-state index contributed by atoms with van der Waals surface area (Å²) in [5.74, 6) is -4.89. The van der Waals surface area contributed by atoms with Crippen LogP contribution >= 0.6 is 0 Å². The monoisotopic (exact) mass is 2170 g/mol. The SMILES string of the molecule is CC(=O)N[C@H]1[C@H](O[C@H]2[C@@H](O)[C@@H](CO)O[C@@H](O[C@H]3[C@H](O)[C@@H](NC(C)=O)[C@H](OC[C@H]4O[C@H](OC[C@H]5O[C@@H](O[C@H]6[C@H](O)[C@@H](NC(C)=O)C(O)O[C@@H]6CO)[C@@H](O)[C@@H](O[C@H]6O[C@H](CO)[C@@H](O)[C@H](O)[C@@H]6O[C@@H]6O[C@H](CO)[C@@H](O[C@@H]7O[C@H](CO)[C@H](O)[C@H](O)[C@H]7O)[C@H](O)[C@H]6NC(C)=O)[C@@H]5O)[C@@H](O[C@@H]5O[C@H](CO)[C@@H](O[C@@H]6O[C@H](CO)[C@H](O)[C@H](O)[C@H]6O)[C@H](O)[C@H]5NC(C)=O)[C@@H](O)[C@@H]4O)O[C@@H]3CO)[C@@H]2O)O[C@H](CO)[C@@H](O[C@@H]2O[C@H](CO)[C@H](O)[C@H](O)[C@H]2O)[C@@H]1O. The van der Waals surface area contributed by atoms with Crippen molar-refractivity contribution in [2.75, 3.05) is 79.3 Å². The average molecular weight is 2170 g/mol. The molecule has 0 spiro atoms. The van der Waals surface area contributed by atoms with Gasteiger partial charge in [0.05, 0.1) is 79.3 Å². The Hall–Kier alpha value is -4.89. The molecule has 0 aromatic carbocycles. The number of carbonyl (C=O) groups excluding carboxylic acids is 5. The van der Waals surface area contributed by atoms with Crippen LogP contribution < -0.4 is 26.6 Å². The summed E-state index contributed by atoms with van der Waals surface area (Å²) in [5.41, 5.74) is 0. The molecule has 60 atom stereocenters. The van der Waals surface area contributed by atoms with Gasteiger partial charge in [-0.3, -0.25) is 24.0 Å². The van der Waals surface area contributed by atoms with Gasteiger partial charge in [0.2, 0.25) is 29.5 Å². The third-order valence-corrected chi connectivity index (χ3v) is 27.1. The molecule has 0 saturated carbocycles. The first-order valence-electron chi connectivity index (χ1n) is 47.2. The lowest BCUT2D eigenvalue weighted by molar-refractivity contribution is -0.398. The summed E-state index contributed by atoms with van der Waals surface area (Å²) in [4.78, 5) is 65.0. The van der Waals surface area contributed by atoms with Gasteiger partial charge in [0, 0.05) is 34.6 Å². The smallest absolute Gasteiger partial charge is 0.217 e. The zero-order valence-corrected chi connectivity index (χ0v) is 79.3. The lowest BCUT2D eigenvalue weighted by Gasteiger charge is -2.51. The fraction of sp³-hybridized carbons (Fsp3) is 0.939. The molecule has 0 aromatic rings. The van der Waals surface area contributed by atoms with Crippen LogP contribution in [0.15, 0.2) is 0 Å². The highest BCUT2D eigenvalue weighted by Crippen LogP contribution is 2.43. The van der Waals surface area contributed by atoms with E-state index < -0.39 is 477 Å². The summed E-state index contributed by atoms with van der Waals surface area (Å²) in [6, 6.07) is -9.84. The molecule has 12 fully saturated rings. The van der Waals surface area contributed by atoms with E-state index in [0.717, 1.165) is 34.6 Å². The first kappa shape index (κ1) is 122. The number of aliphatic hydroxyl groups excluding tert-OH is 33. The number of carbonyl (C=O) groups is 5. The molecule has 12 aliphatic heterocycles. The second-order valence-electron chi connectivity index (χ2n) is 37.4. The zero-order valence-electron chi connectivity index (χ0n) is 79.3. The van der Waals surface area contributed by atoms with E-state index in [9.17, 15) is 192 Å². The molecule has 12 saturated heterocycles. The molecule has 0 bridgehead atoms. The number of amides is 5. The number of hydrogen-bond donors (Lipinski definition) is 38. The average Bonchev–Trinajstić information content (AvgIpc) is 0.767. The predicted molar refractivity (Wildman–Crippen MR) is 453 cm³/mol. The summed E-state index contributed by atoms with van der Waals surface area (Å²) in [5, 5.41) is 383. The first-order chi connectivity index (χ1) is 70.1. The highest BCUT2D eigenvalue weighted by Gasteiger charge is 2.64. The molecule has 12 aliphatic rings. The van der Waals surface area contributed by atoms with Gasteiger partial charge in [-0.15, -0.1) is 0 Å². The third kappa shape index (κ3) is 26.9. The molecule has 0 radical (unpaired) electrons. The number of nitrogens with one attached hydrogen (secondary N) is 5. The number of ether oxygens (including phenoxy) is 23. The molecule has 66 nitrogen and oxygen atoms in total. The van der Waals surface area contributed by atoms with Gasteiger partial charge < -0.3 is 304 Å². The van der Waals surface area contributed by atoms with E-state index in [4.69, 9.17) is 109 Å². The van der Waals surface area contributed by atoms with Crippen LogP contribution in [0, 0.1) is 0 Å². The van der Waals surface area contributed by atoms with Crippen molar-refractivity contribution in [2.45, 2.75) is 403 Å². The summed E-state index contributed by atoms with van der Waals surface area (Å²) >= 11 is 0. The fourth-order valence-corrected chi connectivity index (χ4v) is 19.2. The van der Waals surface area contributed by atoms with Gasteiger partial charge in [-0.05, 0) is 0 Å². The summed E-state index contributed by atoms with van der Waals surface area (Å²) in [7, 11) is 0. The summed E-state index contributed by atoms with van der Waals surface area (Å²) in [6.07, 6.45) is -119. The molecule has 38 N–H and O–H groups in total. The molecule has 0 aliphatic carbocycles. The van der Waals surface area contributed by atoms with Crippen molar-refractivity contribution in [1.29, 1.82) is 0 Å². The minimum atomic E-state index is -2.63.